The Morgan fingerprint density at radius 3 is 2.56 bits per heavy atom. The molecule has 2 atom stereocenters. The van der Waals surface area contributed by atoms with Crippen LogP contribution in [0.2, 0.25) is 0 Å². The Bertz CT molecular complexity index is 792. The Hall–Kier alpha value is -1.44. The van der Waals surface area contributed by atoms with E-state index in [1.807, 2.05) is 23.1 Å². The number of rotatable bonds is 3. The van der Waals surface area contributed by atoms with Crippen LogP contribution >= 0.6 is 0 Å². The fourth-order valence-electron chi connectivity index (χ4n) is 5.12. The van der Waals surface area contributed by atoms with E-state index in [4.69, 9.17) is 0 Å². The fourth-order valence-corrected chi connectivity index (χ4v) is 6.72. The van der Waals surface area contributed by atoms with Crippen LogP contribution in [0.1, 0.15) is 31.2 Å². The summed E-state index contributed by atoms with van der Waals surface area (Å²) in [5, 5.41) is 0. The highest BCUT2D eigenvalue weighted by atomic mass is 32.2. The minimum atomic E-state index is -3.26. The molecular weight excluding hydrogens is 362 g/mol. The van der Waals surface area contributed by atoms with Gasteiger partial charge in [0, 0.05) is 45.8 Å². The molecule has 148 valence electrons. The van der Waals surface area contributed by atoms with E-state index < -0.39 is 15.4 Å². The maximum atomic E-state index is 13.6. The van der Waals surface area contributed by atoms with Gasteiger partial charge in [0.05, 0.1) is 11.2 Å². The van der Waals surface area contributed by atoms with Crippen molar-refractivity contribution in [1.29, 1.82) is 0 Å². The lowest BCUT2D eigenvalue weighted by molar-refractivity contribution is -0.150. The molecule has 0 saturated carbocycles. The molecule has 3 saturated heterocycles. The minimum Gasteiger partial charge on any atom is -0.342 e. The van der Waals surface area contributed by atoms with Gasteiger partial charge >= 0.3 is 0 Å². The van der Waals surface area contributed by atoms with Crippen LogP contribution < -0.4 is 0 Å². The van der Waals surface area contributed by atoms with E-state index in [-0.39, 0.29) is 17.7 Å². The number of amides is 1. The summed E-state index contributed by atoms with van der Waals surface area (Å²) in [6, 6.07) is 10.1. The summed E-state index contributed by atoms with van der Waals surface area (Å²) in [5.41, 5.74) is 0.619. The Kier molecular flexibility index (Phi) is 5.03. The van der Waals surface area contributed by atoms with Gasteiger partial charge < -0.3 is 4.90 Å². The SMILES string of the molecule is CN1[C@@H]2CCN(Cc3ccccc3)C[C@@]2(C(=O)N2CCCC2)CCS1(=O)=O. The third-order valence-corrected chi connectivity index (χ3v) is 8.47. The molecule has 1 aromatic rings. The lowest BCUT2D eigenvalue weighted by atomic mass is 9.71. The zero-order valence-electron chi connectivity index (χ0n) is 16.0. The molecule has 3 aliphatic heterocycles. The van der Waals surface area contributed by atoms with Gasteiger partial charge in [-0.3, -0.25) is 9.69 Å². The highest BCUT2D eigenvalue weighted by molar-refractivity contribution is 7.89. The number of nitrogens with zero attached hydrogens (tertiary/aromatic N) is 3. The number of hydrogen-bond acceptors (Lipinski definition) is 4. The van der Waals surface area contributed by atoms with Crippen molar-refractivity contribution in [3.8, 4) is 0 Å². The largest absolute Gasteiger partial charge is 0.342 e. The third-order valence-electron chi connectivity index (χ3n) is 6.61. The molecule has 27 heavy (non-hydrogen) atoms. The molecule has 0 unspecified atom stereocenters. The lowest BCUT2D eigenvalue weighted by Crippen LogP contribution is -2.67. The molecule has 0 bridgehead atoms. The maximum Gasteiger partial charge on any atom is 0.231 e. The average molecular weight is 392 g/mol. The smallest absolute Gasteiger partial charge is 0.231 e. The Labute approximate surface area is 162 Å². The van der Waals surface area contributed by atoms with Crippen molar-refractivity contribution in [3.05, 3.63) is 35.9 Å². The van der Waals surface area contributed by atoms with Gasteiger partial charge in [-0.25, -0.2) is 12.7 Å². The topological polar surface area (TPSA) is 60.9 Å². The molecule has 4 rings (SSSR count). The highest BCUT2D eigenvalue weighted by Crippen LogP contribution is 2.44. The minimum absolute atomic E-state index is 0.0682. The third kappa shape index (κ3) is 3.41. The van der Waals surface area contributed by atoms with Gasteiger partial charge in [0.15, 0.2) is 0 Å². The highest BCUT2D eigenvalue weighted by Gasteiger charge is 2.57. The molecule has 3 fully saturated rings. The predicted molar refractivity (Wildman–Crippen MR) is 105 cm³/mol. The van der Waals surface area contributed by atoms with E-state index in [0.29, 0.717) is 19.4 Å². The molecule has 7 heteroatoms. The van der Waals surface area contributed by atoms with Gasteiger partial charge in [0.2, 0.25) is 15.9 Å². The monoisotopic (exact) mass is 391 g/mol. The van der Waals surface area contributed by atoms with Crippen LogP contribution in [-0.4, -0.2) is 73.5 Å². The maximum absolute atomic E-state index is 13.6. The van der Waals surface area contributed by atoms with E-state index in [0.717, 1.165) is 39.0 Å². The van der Waals surface area contributed by atoms with Gasteiger partial charge in [-0.15, -0.1) is 0 Å². The summed E-state index contributed by atoms with van der Waals surface area (Å²) in [6.45, 7) is 3.88. The van der Waals surface area contributed by atoms with Gasteiger partial charge in [-0.1, -0.05) is 30.3 Å². The molecule has 0 radical (unpaired) electrons. The summed E-state index contributed by atoms with van der Waals surface area (Å²) in [7, 11) is -1.59. The second kappa shape index (κ2) is 7.18. The fraction of sp³-hybridized carbons (Fsp3) is 0.650. The summed E-state index contributed by atoms with van der Waals surface area (Å²) in [4.78, 5) is 17.9. The van der Waals surface area contributed by atoms with Crippen molar-refractivity contribution in [2.75, 3.05) is 39.0 Å². The molecule has 0 N–H and O–H groups in total. The number of sulfonamides is 1. The van der Waals surface area contributed by atoms with E-state index in [9.17, 15) is 13.2 Å². The van der Waals surface area contributed by atoms with Crippen LogP contribution in [0, 0.1) is 5.41 Å². The summed E-state index contributed by atoms with van der Waals surface area (Å²) >= 11 is 0. The number of likely N-dealkylation sites (tertiary alicyclic amines) is 2. The van der Waals surface area contributed by atoms with Gasteiger partial charge in [0.1, 0.15) is 0 Å². The van der Waals surface area contributed by atoms with E-state index in [2.05, 4.69) is 17.0 Å². The zero-order chi connectivity index (χ0) is 19.1. The van der Waals surface area contributed by atoms with Crippen LogP contribution in [0.5, 0.6) is 0 Å². The molecule has 1 amide bonds. The van der Waals surface area contributed by atoms with Crippen molar-refractivity contribution in [2.24, 2.45) is 5.41 Å². The summed E-state index contributed by atoms with van der Waals surface area (Å²) < 4.78 is 26.5. The van der Waals surface area contributed by atoms with Gasteiger partial charge in [-0.05, 0) is 31.2 Å². The lowest BCUT2D eigenvalue weighted by Gasteiger charge is -2.53. The summed E-state index contributed by atoms with van der Waals surface area (Å²) in [5.74, 6) is 0.239. The molecule has 3 heterocycles. The Morgan fingerprint density at radius 2 is 1.85 bits per heavy atom. The Balaban J connectivity index is 1.63. The number of fused-ring (bicyclic) bond motifs is 1. The van der Waals surface area contributed by atoms with E-state index in [1.54, 1.807) is 7.05 Å². The first-order valence-corrected chi connectivity index (χ1v) is 11.5. The van der Waals surface area contributed by atoms with Crippen LogP contribution in [0.25, 0.3) is 0 Å². The van der Waals surface area contributed by atoms with Crippen LogP contribution in [-0.2, 0) is 21.4 Å². The van der Waals surface area contributed by atoms with Gasteiger partial charge in [-0.2, -0.15) is 0 Å². The molecule has 6 nitrogen and oxygen atoms in total. The first kappa shape index (κ1) is 18.9. The number of carbonyl (C=O) groups excluding carboxylic acids is 1. The van der Waals surface area contributed by atoms with Gasteiger partial charge in [0.25, 0.3) is 0 Å². The van der Waals surface area contributed by atoms with Crippen LogP contribution in [0.4, 0.5) is 0 Å². The number of carbonyl (C=O) groups is 1. The number of piperidine rings is 1. The average Bonchev–Trinajstić information content (AvgIpc) is 3.20. The zero-order valence-corrected chi connectivity index (χ0v) is 16.8. The Morgan fingerprint density at radius 1 is 1.15 bits per heavy atom. The number of benzene rings is 1. The van der Waals surface area contributed by atoms with Crippen LogP contribution in [0.3, 0.4) is 0 Å². The first-order valence-electron chi connectivity index (χ1n) is 9.94. The van der Waals surface area contributed by atoms with Crippen molar-refractivity contribution in [1.82, 2.24) is 14.1 Å². The standard InChI is InChI=1S/C20H29N3O3S/c1-21-18-9-13-22(15-17-7-3-2-4-8-17)16-20(18,10-14-27(21,25)26)19(24)23-11-5-6-12-23/h2-4,7-8,18H,5-6,9-16H2,1H3/t18-,20+/m1/s1. The summed E-state index contributed by atoms with van der Waals surface area (Å²) in [6.07, 6.45) is 3.25. The molecule has 3 aliphatic rings. The van der Waals surface area contributed by atoms with E-state index >= 15 is 0 Å². The molecule has 1 aromatic carbocycles. The van der Waals surface area contributed by atoms with Crippen molar-refractivity contribution >= 4 is 15.9 Å². The normalized spacial score (nSPS) is 31.6. The molecule has 0 aliphatic carbocycles. The van der Waals surface area contributed by atoms with Crippen LogP contribution in [0.15, 0.2) is 30.3 Å². The molecule has 0 spiro atoms. The second-order valence-corrected chi connectivity index (χ2v) is 10.4. The molecular formula is C20H29N3O3S. The van der Waals surface area contributed by atoms with Crippen molar-refractivity contribution in [3.63, 3.8) is 0 Å². The number of hydrogen-bond donors (Lipinski definition) is 0. The first-order chi connectivity index (χ1) is 12.9. The second-order valence-electron chi connectivity index (χ2n) is 8.24. The van der Waals surface area contributed by atoms with Crippen molar-refractivity contribution in [2.45, 2.75) is 38.3 Å². The van der Waals surface area contributed by atoms with Crippen molar-refractivity contribution < 1.29 is 13.2 Å². The predicted octanol–water partition coefficient (Wildman–Crippen LogP) is 1.53. The quantitative estimate of drug-likeness (QED) is 0.784. The molecule has 0 aromatic heterocycles. The van der Waals surface area contributed by atoms with E-state index in [1.165, 1.54) is 9.87 Å².